The molecule has 1 aromatic carbocycles. The van der Waals surface area contributed by atoms with Crippen molar-refractivity contribution in [2.75, 3.05) is 0 Å². The predicted octanol–water partition coefficient (Wildman–Crippen LogP) is 6.29. The van der Waals surface area contributed by atoms with Crippen molar-refractivity contribution in [1.29, 1.82) is 0 Å². The quantitative estimate of drug-likeness (QED) is 0.332. The van der Waals surface area contributed by atoms with Crippen LogP contribution >= 0.6 is 0 Å². The highest BCUT2D eigenvalue weighted by Crippen LogP contribution is 2.33. The van der Waals surface area contributed by atoms with Gasteiger partial charge in [0.05, 0.1) is 29.6 Å². The molecule has 0 unspecified atom stereocenters. The van der Waals surface area contributed by atoms with Crippen molar-refractivity contribution >= 4 is 5.65 Å². The third-order valence-electron chi connectivity index (χ3n) is 5.93. The van der Waals surface area contributed by atoms with Gasteiger partial charge in [-0.2, -0.15) is 0 Å². The Morgan fingerprint density at radius 2 is 1.79 bits per heavy atom. The number of benzene rings is 1. The summed E-state index contributed by atoms with van der Waals surface area (Å²) < 4.78 is 10.4. The molecular weight excluding hydrogens is 410 g/mol. The number of ether oxygens (including phenoxy) is 1. The number of nitrogens with zero attached hydrogens (tertiary/aromatic N) is 5. The molecule has 0 N–H and O–H groups in total. The maximum atomic E-state index is 6.34. The molecule has 4 heterocycles. The van der Waals surface area contributed by atoms with E-state index in [2.05, 4.69) is 54.2 Å². The lowest BCUT2D eigenvalue weighted by molar-refractivity contribution is 0.479. The number of fused-ring (bicyclic) bond motifs is 1. The SMILES string of the molecule is Cc1nc2c(-c3cc(C(C)(C)C)ccn3)cc(Oc3cccc(-n4ccnc4)c3)cn2c1C. The van der Waals surface area contributed by atoms with Gasteiger partial charge in [0.2, 0.25) is 0 Å². The average molecular weight is 438 g/mol. The number of rotatable bonds is 4. The molecule has 6 nitrogen and oxygen atoms in total. The highest BCUT2D eigenvalue weighted by atomic mass is 16.5. The zero-order valence-corrected chi connectivity index (χ0v) is 19.6. The number of hydrogen-bond donors (Lipinski definition) is 0. The summed E-state index contributed by atoms with van der Waals surface area (Å²) in [6.07, 6.45) is 9.31. The summed E-state index contributed by atoms with van der Waals surface area (Å²) in [7, 11) is 0. The monoisotopic (exact) mass is 437 g/mol. The topological polar surface area (TPSA) is 57.2 Å². The van der Waals surface area contributed by atoms with E-state index in [1.54, 1.807) is 12.5 Å². The zero-order valence-electron chi connectivity index (χ0n) is 19.6. The van der Waals surface area contributed by atoms with Crippen LogP contribution in [-0.4, -0.2) is 23.9 Å². The van der Waals surface area contributed by atoms with E-state index < -0.39 is 0 Å². The third kappa shape index (κ3) is 4.00. The van der Waals surface area contributed by atoms with Gasteiger partial charge in [-0.3, -0.25) is 9.38 Å². The fraction of sp³-hybridized carbons (Fsp3) is 0.222. The Morgan fingerprint density at radius 3 is 2.55 bits per heavy atom. The predicted molar refractivity (Wildman–Crippen MR) is 130 cm³/mol. The normalized spacial score (nSPS) is 11.8. The Morgan fingerprint density at radius 1 is 0.939 bits per heavy atom. The van der Waals surface area contributed by atoms with Gasteiger partial charge in [-0.25, -0.2) is 9.97 Å². The summed E-state index contributed by atoms with van der Waals surface area (Å²) in [4.78, 5) is 13.7. The Kier molecular flexibility index (Phi) is 5.01. The van der Waals surface area contributed by atoms with Crippen molar-refractivity contribution in [3.63, 3.8) is 0 Å². The molecule has 0 radical (unpaired) electrons. The molecule has 0 spiro atoms. The first-order chi connectivity index (χ1) is 15.8. The molecule has 4 aromatic heterocycles. The van der Waals surface area contributed by atoms with Crippen LogP contribution in [-0.2, 0) is 5.41 Å². The lowest BCUT2D eigenvalue weighted by Gasteiger charge is -2.19. The summed E-state index contributed by atoms with van der Waals surface area (Å²) in [5, 5.41) is 0. The molecule has 0 saturated heterocycles. The number of imidazole rings is 2. The van der Waals surface area contributed by atoms with Crippen LogP contribution in [0.3, 0.4) is 0 Å². The molecule has 33 heavy (non-hydrogen) atoms. The number of aromatic nitrogens is 5. The van der Waals surface area contributed by atoms with Crippen LogP contribution in [0.15, 0.2) is 73.6 Å². The van der Waals surface area contributed by atoms with Crippen molar-refractivity contribution in [2.24, 2.45) is 0 Å². The summed E-state index contributed by atoms with van der Waals surface area (Å²) in [5.41, 5.74) is 7.01. The van der Waals surface area contributed by atoms with E-state index >= 15 is 0 Å². The minimum Gasteiger partial charge on any atom is -0.456 e. The van der Waals surface area contributed by atoms with Gasteiger partial charge in [0.1, 0.15) is 17.1 Å². The fourth-order valence-electron chi connectivity index (χ4n) is 3.89. The van der Waals surface area contributed by atoms with Gasteiger partial charge in [0, 0.05) is 35.9 Å². The lowest BCUT2D eigenvalue weighted by Crippen LogP contribution is -2.11. The van der Waals surface area contributed by atoms with Crippen LogP contribution in [0, 0.1) is 13.8 Å². The molecule has 0 bridgehead atoms. The first kappa shape index (κ1) is 20.9. The molecule has 0 fully saturated rings. The second-order valence-corrected chi connectivity index (χ2v) is 9.31. The second kappa shape index (κ2) is 7.89. The Balaban J connectivity index is 1.62. The average Bonchev–Trinajstić information content (AvgIpc) is 3.43. The maximum absolute atomic E-state index is 6.34. The van der Waals surface area contributed by atoms with Crippen molar-refractivity contribution in [3.8, 4) is 28.4 Å². The highest BCUT2D eigenvalue weighted by molar-refractivity contribution is 5.77. The molecule has 0 aliphatic carbocycles. The number of pyridine rings is 2. The maximum Gasteiger partial charge on any atom is 0.146 e. The van der Waals surface area contributed by atoms with E-state index in [4.69, 9.17) is 9.72 Å². The van der Waals surface area contributed by atoms with Gasteiger partial charge in [-0.05, 0) is 55.2 Å². The van der Waals surface area contributed by atoms with E-state index in [0.29, 0.717) is 0 Å². The Bertz CT molecular complexity index is 1440. The van der Waals surface area contributed by atoms with Crippen LogP contribution in [0.2, 0.25) is 0 Å². The first-order valence-electron chi connectivity index (χ1n) is 11.0. The fourth-order valence-corrected chi connectivity index (χ4v) is 3.89. The molecule has 0 amide bonds. The zero-order chi connectivity index (χ0) is 23.2. The Labute approximate surface area is 193 Å². The largest absolute Gasteiger partial charge is 0.456 e. The summed E-state index contributed by atoms with van der Waals surface area (Å²) >= 11 is 0. The molecule has 5 aromatic rings. The van der Waals surface area contributed by atoms with Crippen LogP contribution in [0.1, 0.15) is 37.7 Å². The standard InChI is InChI=1S/C27H27N5O/c1-18-19(2)32-16-23(33-22-8-6-7-21(14-22)31-12-11-28-17-31)15-24(26(32)30-18)25-13-20(9-10-29-25)27(3,4)5/h6-17H,1-5H3. The van der Waals surface area contributed by atoms with Crippen molar-refractivity contribution in [2.45, 2.75) is 40.0 Å². The molecule has 0 aliphatic rings. The van der Waals surface area contributed by atoms with Crippen LogP contribution < -0.4 is 4.74 Å². The van der Waals surface area contributed by atoms with E-state index in [9.17, 15) is 0 Å². The van der Waals surface area contributed by atoms with E-state index in [0.717, 1.165) is 45.5 Å². The van der Waals surface area contributed by atoms with E-state index in [-0.39, 0.29) is 5.41 Å². The minimum absolute atomic E-state index is 0.0249. The van der Waals surface area contributed by atoms with Crippen LogP contribution in [0.4, 0.5) is 0 Å². The summed E-state index contributed by atoms with van der Waals surface area (Å²) in [5.74, 6) is 1.47. The van der Waals surface area contributed by atoms with Gasteiger partial charge in [-0.1, -0.05) is 26.8 Å². The van der Waals surface area contributed by atoms with E-state index in [1.165, 1.54) is 5.56 Å². The number of hydrogen-bond acceptors (Lipinski definition) is 4. The van der Waals surface area contributed by atoms with Gasteiger partial charge in [0.15, 0.2) is 0 Å². The van der Waals surface area contributed by atoms with Gasteiger partial charge in [-0.15, -0.1) is 0 Å². The highest BCUT2D eigenvalue weighted by Gasteiger charge is 2.18. The summed E-state index contributed by atoms with van der Waals surface area (Å²) in [6, 6.07) is 14.2. The molecular formula is C27H27N5O. The van der Waals surface area contributed by atoms with Crippen molar-refractivity contribution in [3.05, 3.63) is 90.5 Å². The molecule has 6 heteroatoms. The van der Waals surface area contributed by atoms with Gasteiger partial charge < -0.3 is 9.30 Å². The second-order valence-electron chi connectivity index (χ2n) is 9.31. The third-order valence-corrected chi connectivity index (χ3v) is 5.93. The number of aryl methyl sites for hydroxylation is 2. The van der Waals surface area contributed by atoms with Crippen LogP contribution in [0.5, 0.6) is 11.5 Å². The molecule has 0 atom stereocenters. The lowest BCUT2D eigenvalue weighted by atomic mass is 9.87. The minimum atomic E-state index is 0.0249. The first-order valence-corrected chi connectivity index (χ1v) is 11.0. The smallest absolute Gasteiger partial charge is 0.146 e. The van der Waals surface area contributed by atoms with Crippen molar-refractivity contribution < 1.29 is 4.74 Å². The molecule has 5 rings (SSSR count). The van der Waals surface area contributed by atoms with Crippen molar-refractivity contribution in [1.82, 2.24) is 23.9 Å². The molecule has 0 saturated carbocycles. The van der Waals surface area contributed by atoms with Crippen LogP contribution in [0.25, 0.3) is 22.6 Å². The van der Waals surface area contributed by atoms with Gasteiger partial charge in [0.25, 0.3) is 0 Å². The molecule has 0 aliphatic heterocycles. The molecule has 166 valence electrons. The summed E-state index contributed by atoms with van der Waals surface area (Å²) in [6.45, 7) is 10.7. The van der Waals surface area contributed by atoms with Gasteiger partial charge >= 0.3 is 0 Å². The van der Waals surface area contributed by atoms with E-state index in [1.807, 2.05) is 60.4 Å². The Hall–Kier alpha value is -3.93.